The smallest absolute Gasteiger partial charge is 0.192 e. The summed E-state index contributed by atoms with van der Waals surface area (Å²) in [7, 11) is -3.50. The molecule has 5 rings (SSSR count). The van der Waals surface area contributed by atoms with Gasteiger partial charge in [0.15, 0.2) is 9.84 Å². The number of hydrogen-bond acceptors (Lipinski definition) is 4. The van der Waals surface area contributed by atoms with E-state index in [9.17, 15) is 8.42 Å². The van der Waals surface area contributed by atoms with Crippen LogP contribution in [0.15, 0.2) is 41.3 Å². The van der Waals surface area contributed by atoms with Gasteiger partial charge in [-0.15, -0.1) is 0 Å². The Balaban J connectivity index is 1.75. The largest absolute Gasteiger partial charge is 0.484 e. The van der Waals surface area contributed by atoms with Crippen molar-refractivity contribution < 1.29 is 17.9 Å². The molecule has 3 heterocycles. The van der Waals surface area contributed by atoms with Crippen LogP contribution in [0.3, 0.4) is 0 Å². The maximum atomic E-state index is 13.3. The predicted molar refractivity (Wildman–Crippen MR) is 100 cm³/mol. The molecule has 4 nitrogen and oxygen atoms in total. The van der Waals surface area contributed by atoms with Gasteiger partial charge in [0.1, 0.15) is 34.2 Å². The first-order chi connectivity index (χ1) is 11.0. The Hall–Kier alpha value is -0.390. The molecule has 7 heteroatoms. The monoisotopic (exact) mass is 552 g/mol. The van der Waals surface area contributed by atoms with Crippen molar-refractivity contribution in [3.8, 4) is 5.75 Å². The minimum Gasteiger partial charge on any atom is -0.484 e. The molecule has 2 aromatic rings. The average molecular weight is 552 g/mol. The second-order valence-electron chi connectivity index (χ2n) is 5.91. The average Bonchev–Trinajstić information content (AvgIpc) is 3.03. The van der Waals surface area contributed by atoms with Crippen LogP contribution in [0.4, 0.5) is 0 Å². The third-order valence-corrected chi connectivity index (χ3v) is 8.76. The molecule has 0 amide bonds. The zero-order valence-corrected chi connectivity index (χ0v) is 16.7. The number of hydrogen-bond donors (Lipinski definition) is 0. The van der Waals surface area contributed by atoms with E-state index >= 15 is 0 Å². The van der Waals surface area contributed by atoms with Gasteiger partial charge in [0.25, 0.3) is 0 Å². The van der Waals surface area contributed by atoms with E-state index < -0.39 is 27.3 Å². The van der Waals surface area contributed by atoms with E-state index in [4.69, 9.17) is 9.47 Å². The fourth-order valence-electron chi connectivity index (χ4n) is 3.84. The molecule has 1 fully saturated rings. The summed E-state index contributed by atoms with van der Waals surface area (Å²) < 4.78 is 40.3. The zero-order chi connectivity index (χ0) is 15.9. The molecular weight excluding hydrogens is 542 g/mol. The molecule has 4 atom stereocenters. The summed E-state index contributed by atoms with van der Waals surface area (Å²) >= 11 is 4.25. The summed E-state index contributed by atoms with van der Waals surface area (Å²) in [6, 6.07) is 11.5. The SMILES string of the molecule is O=S1(=O)c2c(I)cc(I)cc2OC2C3OC(c4ccccc43)C21. The quantitative estimate of drug-likeness (QED) is 0.469. The van der Waals surface area contributed by atoms with Gasteiger partial charge < -0.3 is 9.47 Å². The molecular formula is C16H10I2O4S. The van der Waals surface area contributed by atoms with Crippen LogP contribution in [0.1, 0.15) is 23.3 Å². The lowest BCUT2D eigenvalue weighted by molar-refractivity contribution is 0.0372. The number of fused-ring (bicyclic) bond motifs is 9. The number of benzene rings is 2. The van der Waals surface area contributed by atoms with Gasteiger partial charge in [-0.25, -0.2) is 8.42 Å². The van der Waals surface area contributed by atoms with Gasteiger partial charge in [0.05, 0.1) is 0 Å². The van der Waals surface area contributed by atoms with Crippen LogP contribution in [0.25, 0.3) is 0 Å². The summed E-state index contributed by atoms with van der Waals surface area (Å²) in [5, 5.41) is -0.663. The lowest BCUT2D eigenvalue weighted by atomic mass is 9.89. The fourth-order valence-corrected chi connectivity index (χ4v) is 8.63. The molecule has 0 aliphatic carbocycles. The molecule has 0 aromatic heterocycles. The summed E-state index contributed by atoms with van der Waals surface area (Å²) in [6.45, 7) is 0. The maximum Gasteiger partial charge on any atom is 0.192 e. The maximum absolute atomic E-state index is 13.3. The van der Waals surface area contributed by atoms with Crippen molar-refractivity contribution in [2.24, 2.45) is 0 Å². The number of rotatable bonds is 0. The summed E-state index contributed by atoms with van der Waals surface area (Å²) in [6.07, 6.45) is -1.21. The van der Waals surface area contributed by atoms with E-state index in [0.29, 0.717) is 14.2 Å². The van der Waals surface area contributed by atoms with Crippen LogP contribution in [0.2, 0.25) is 0 Å². The van der Waals surface area contributed by atoms with Crippen molar-refractivity contribution in [2.45, 2.75) is 28.5 Å². The minimum absolute atomic E-state index is 0.306. The Morgan fingerprint density at radius 2 is 1.70 bits per heavy atom. The summed E-state index contributed by atoms with van der Waals surface area (Å²) in [4.78, 5) is 0.313. The van der Waals surface area contributed by atoms with Crippen molar-refractivity contribution in [1.29, 1.82) is 0 Å². The molecule has 0 spiro atoms. The van der Waals surface area contributed by atoms with Gasteiger partial charge in [0, 0.05) is 7.14 Å². The van der Waals surface area contributed by atoms with E-state index in [1.54, 1.807) is 6.07 Å². The third-order valence-electron chi connectivity index (χ3n) is 4.70. The van der Waals surface area contributed by atoms with E-state index in [1.807, 2.05) is 30.3 Å². The zero-order valence-electron chi connectivity index (χ0n) is 11.6. The number of halogens is 2. The van der Waals surface area contributed by atoms with E-state index in [2.05, 4.69) is 45.2 Å². The van der Waals surface area contributed by atoms with Crippen molar-refractivity contribution in [3.05, 3.63) is 54.7 Å². The topological polar surface area (TPSA) is 52.6 Å². The Labute approximate surface area is 160 Å². The predicted octanol–water partition coefficient (Wildman–Crippen LogP) is 3.63. The molecule has 2 bridgehead atoms. The molecule has 3 aliphatic heterocycles. The van der Waals surface area contributed by atoms with Crippen LogP contribution in [-0.2, 0) is 14.6 Å². The molecule has 0 N–H and O–H groups in total. The minimum atomic E-state index is -3.50. The van der Waals surface area contributed by atoms with Crippen molar-refractivity contribution in [3.63, 3.8) is 0 Å². The Morgan fingerprint density at radius 3 is 2.43 bits per heavy atom. The molecule has 4 unspecified atom stereocenters. The Bertz CT molecular complexity index is 957. The molecule has 3 aliphatic rings. The highest BCUT2D eigenvalue weighted by atomic mass is 127. The van der Waals surface area contributed by atoms with Crippen LogP contribution in [-0.4, -0.2) is 19.8 Å². The van der Waals surface area contributed by atoms with Gasteiger partial charge in [-0.05, 0) is 68.4 Å². The highest BCUT2D eigenvalue weighted by molar-refractivity contribution is 14.1. The Morgan fingerprint density at radius 1 is 1.00 bits per heavy atom. The molecule has 1 saturated heterocycles. The highest BCUT2D eigenvalue weighted by Crippen LogP contribution is 2.58. The summed E-state index contributed by atoms with van der Waals surface area (Å²) in [5.74, 6) is 0.455. The van der Waals surface area contributed by atoms with Gasteiger partial charge >= 0.3 is 0 Å². The van der Waals surface area contributed by atoms with Gasteiger partial charge in [-0.3, -0.25) is 0 Å². The lowest BCUT2D eigenvalue weighted by Crippen LogP contribution is -2.45. The van der Waals surface area contributed by atoms with Crippen LogP contribution in [0, 0.1) is 7.14 Å². The van der Waals surface area contributed by atoms with Gasteiger partial charge in [-0.2, -0.15) is 0 Å². The number of sulfone groups is 1. The van der Waals surface area contributed by atoms with E-state index in [1.165, 1.54) is 0 Å². The van der Waals surface area contributed by atoms with Crippen LogP contribution < -0.4 is 4.74 Å². The molecule has 2 aromatic carbocycles. The van der Waals surface area contributed by atoms with Crippen molar-refractivity contribution in [1.82, 2.24) is 0 Å². The van der Waals surface area contributed by atoms with Crippen LogP contribution >= 0.6 is 45.2 Å². The first kappa shape index (κ1) is 14.9. The number of ether oxygens (including phenoxy) is 2. The summed E-state index contributed by atoms with van der Waals surface area (Å²) in [5.41, 5.74) is 2.03. The first-order valence-electron chi connectivity index (χ1n) is 7.12. The van der Waals surface area contributed by atoms with Crippen molar-refractivity contribution in [2.75, 3.05) is 0 Å². The first-order valence-corrected chi connectivity index (χ1v) is 10.8. The molecule has 23 heavy (non-hydrogen) atoms. The second kappa shape index (κ2) is 4.83. The van der Waals surface area contributed by atoms with Crippen molar-refractivity contribution >= 4 is 55.0 Å². The standard InChI is InChI=1S/C16H10I2O4S/c17-7-5-10(18)15-11(6-7)21-14-12-8-3-1-2-4-9(8)13(22-12)16(14)23(15,19)20/h1-6,12-14,16H. The molecule has 0 radical (unpaired) electrons. The van der Waals surface area contributed by atoms with Gasteiger partial charge in [-0.1, -0.05) is 24.3 Å². The second-order valence-corrected chi connectivity index (χ2v) is 10.4. The lowest BCUT2D eigenvalue weighted by Gasteiger charge is -2.35. The molecule has 0 saturated carbocycles. The highest BCUT2D eigenvalue weighted by Gasteiger charge is 2.62. The van der Waals surface area contributed by atoms with E-state index in [0.717, 1.165) is 14.7 Å². The Kier molecular flexibility index (Phi) is 3.13. The fraction of sp³-hybridized carbons (Fsp3) is 0.250. The van der Waals surface area contributed by atoms with Crippen LogP contribution in [0.5, 0.6) is 5.75 Å². The normalized spacial score (nSPS) is 31.9. The third kappa shape index (κ3) is 1.87. The van der Waals surface area contributed by atoms with Gasteiger partial charge in [0.2, 0.25) is 0 Å². The molecule has 118 valence electrons. The van der Waals surface area contributed by atoms with E-state index in [-0.39, 0.29) is 6.10 Å².